The van der Waals surface area contributed by atoms with Crippen LogP contribution in [0, 0.1) is 26.7 Å². The SMILES string of the molecule is CNCC(O)COc1cccc(-c2nc(C[C@@H]3CC[C@H](O)C3)c(C)c(-c3c(C)noc3C)n2)c1. The Morgan fingerprint density at radius 1 is 1.21 bits per heavy atom. The van der Waals surface area contributed by atoms with Crippen LogP contribution in [-0.2, 0) is 6.42 Å². The molecule has 0 spiro atoms. The van der Waals surface area contributed by atoms with Gasteiger partial charge < -0.3 is 24.8 Å². The largest absolute Gasteiger partial charge is 0.491 e. The van der Waals surface area contributed by atoms with Gasteiger partial charge in [-0.25, -0.2) is 9.97 Å². The van der Waals surface area contributed by atoms with Crippen LogP contribution in [-0.4, -0.2) is 57.7 Å². The molecule has 3 aromatic rings. The maximum Gasteiger partial charge on any atom is 0.160 e. The van der Waals surface area contributed by atoms with E-state index < -0.39 is 6.10 Å². The molecule has 1 aromatic carbocycles. The van der Waals surface area contributed by atoms with E-state index in [0.29, 0.717) is 24.0 Å². The second-order valence-electron chi connectivity index (χ2n) is 9.25. The summed E-state index contributed by atoms with van der Waals surface area (Å²) >= 11 is 0. The molecule has 3 N–H and O–H groups in total. The van der Waals surface area contributed by atoms with Crippen LogP contribution < -0.4 is 10.1 Å². The molecule has 0 bridgehead atoms. The first-order chi connectivity index (χ1) is 16.4. The summed E-state index contributed by atoms with van der Waals surface area (Å²) in [6.07, 6.45) is 2.62. The van der Waals surface area contributed by atoms with Crippen LogP contribution in [0.4, 0.5) is 0 Å². The van der Waals surface area contributed by atoms with E-state index in [-0.39, 0.29) is 12.7 Å². The van der Waals surface area contributed by atoms with Gasteiger partial charge in [0.25, 0.3) is 0 Å². The quantitative estimate of drug-likeness (QED) is 0.440. The topological polar surface area (TPSA) is 114 Å². The summed E-state index contributed by atoms with van der Waals surface area (Å²) in [6.45, 7) is 6.52. The summed E-state index contributed by atoms with van der Waals surface area (Å²) < 4.78 is 11.2. The zero-order valence-corrected chi connectivity index (χ0v) is 20.3. The zero-order chi connectivity index (χ0) is 24.2. The lowest BCUT2D eigenvalue weighted by Crippen LogP contribution is -2.29. The molecule has 0 radical (unpaired) electrons. The Hall–Kier alpha value is -2.81. The minimum Gasteiger partial charge on any atom is -0.491 e. The molecular formula is C26H34N4O4. The fraction of sp³-hybridized carbons (Fsp3) is 0.500. The van der Waals surface area contributed by atoms with E-state index >= 15 is 0 Å². The molecule has 8 heteroatoms. The molecule has 0 aliphatic heterocycles. The molecule has 0 amide bonds. The van der Waals surface area contributed by atoms with Gasteiger partial charge in [0.15, 0.2) is 5.82 Å². The van der Waals surface area contributed by atoms with Crippen LogP contribution in [0.15, 0.2) is 28.8 Å². The molecule has 1 aliphatic carbocycles. The predicted octanol–water partition coefficient (Wildman–Crippen LogP) is 3.39. The number of rotatable bonds is 9. The van der Waals surface area contributed by atoms with Gasteiger partial charge in [-0.3, -0.25) is 0 Å². The Morgan fingerprint density at radius 3 is 2.71 bits per heavy atom. The van der Waals surface area contributed by atoms with Crippen molar-refractivity contribution in [1.29, 1.82) is 0 Å². The van der Waals surface area contributed by atoms with Crippen molar-refractivity contribution in [2.75, 3.05) is 20.2 Å². The minimum atomic E-state index is -0.594. The first-order valence-corrected chi connectivity index (χ1v) is 11.9. The van der Waals surface area contributed by atoms with Crippen molar-refractivity contribution in [1.82, 2.24) is 20.4 Å². The average molecular weight is 467 g/mol. The summed E-state index contributed by atoms with van der Waals surface area (Å²) in [5.74, 6) is 2.38. The second-order valence-corrected chi connectivity index (χ2v) is 9.25. The summed E-state index contributed by atoms with van der Waals surface area (Å²) in [5.41, 5.74) is 5.35. The molecule has 34 heavy (non-hydrogen) atoms. The van der Waals surface area contributed by atoms with E-state index in [0.717, 1.165) is 65.2 Å². The highest BCUT2D eigenvalue weighted by Gasteiger charge is 2.26. The number of nitrogens with zero attached hydrogens (tertiary/aromatic N) is 3. The number of aliphatic hydroxyl groups is 2. The number of hydrogen-bond acceptors (Lipinski definition) is 8. The highest BCUT2D eigenvalue weighted by molar-refractivity contribution is 5.71. The van der Waals surface area contributed by atoms with Crippen molar-refractivity contribution < 1.29 is 19.5 Å². The standard InChI is InChI=1S/C26H34N4O4/c1-15-23(11-18-8-9-20(31)10-18)28-26(29-25(15)24-16(2)30-34-17(24)3)19-6-5-7-22(12-19)33-14-21(32)13-27-4/h5-7,12,18,20-21,27,31-32H,8-11,13-14H2,1-4H3/t18-,20+,21?/m1/s1. The Balaban J connectivity index is 1.71. The van der Waals surface area contributed by atoms with Gasteiger partial charge in [-0.15, -0.1) is 0 Å². The molecule has 2 aromatic heterocycles. The van der Waals surface area contributed by atoms with Gasteiger partial charge in [0, 0.05) is 17.8 Å². The molecule has 1 saturated carbocycles. The van der Waals surface area contributed by atoms with Crippen LogP contribution in [0.25, 0.3) is 22.6 Å². The van der Waals surface area contributed by atoms with Gasteiger partial charge in [-0.2, -0.15) is 0 Å². The molecule has 8 nitrogen and oxygen atoms in total. The number of hydrogen-bond donors (Lipinski definition) is 3. The third kappa shape index (κ3) is 5.46. The van der Waals surface area contributed by atoms with Crippen molar-refractivity contribution >= 4 is 0 Å². The van der Waals surface area contributed by atoms with Crippen LogP contribution in [0.1, 0.15) is 42.0 Å². The Labute approximate surface area is 200 Å². The molecule has 1 aliphatic rings. The number of benzene rings is 1. The number of ether oxygens (including phenoxy) is 1. The summed E-state index contributed by atoms with van der Waals surface area (Å²) in [7, 11) is 1.79. The van der Waals surface area contributed by atoms with Gasteiger partial charge in [0.1, 0.15) is 24.2 Å². The van der Waals surface area contributed by atoms with Crippen molar-refractivity contribution in [2.24, 2.45) is 5.92 Å². The molecule has 182 valence electrons. The third-order valence-electron chi connectivity index (χ3n) is 6.49. The maximum atomic E-state index is 10.0. The Morgan fingerprint density at radius 2 is 2.03 bits per heavy atom. The van der Waals surface area contributed by atoms with Crippen LogP contribution in [0.2, 0.25) is 0 Å². The molecule has 0 saturated heterocycles. The van der Waals surface area contributed by atoms with Crippen LogP contribution in [0.3, 0.4) is 0 Å². The third-order valence-corrected chi connectivity index (χ3v) is 6.49. The average Bonchev–Trinajstić information content (AvgIpc) is 3.38. The van der Waals surface area contributed by atoms with E-state index in [9.17, 15) is 10.2 Å². The van der Waals surface area contributed by atoms with Crippen molar-refractivity contribution in [2.45, 2.75) is 58.7 Å². The first-order valence-electron chi connectivity index (χ1n) is 11.9. The van der Waals surface area contributed by atoms with Crippen LogP contribution >= 0.6 is 0 Å². The monoisotopic (exact) mass is 466 g/mol. The highest BCUT2D eigenvalue weighted by atomic mass is 16.5. The lowest BCUT2D eigenvalue weighted by molar-refractivity contribution is 0.108. The van der Waals surface area contributed by atoms with Crippen molar-refractivity contribution in [3.63, 3.8) is 0 Å². The highest BCUT2D eigenvalue weighted by Crippen LogP contribution is 2.35. The number of nitrogens with one attached hydrogen (secondary N) is 1. The van der Waals surface area contributed by atoms with Gasteiger partial charge in [0.05, 0.1) is 23.1 Å². The van der Waals surface area contributed by atoms with Gasteiger partial charge >= 0.3 is 0 Å². The normalized spacial score (nSPS) is 18.9. The molecule has 2 heterocycles. The zero-order valence-electron chi connectivity index (χ0n) is 20.3. The fourth-order valence-corrected chi connectivity index (χ4v) is 4.67. The van der Waals surface area contributed by atoms with E-state index in [1.54, 1.807) is 7.05 Å². The van der Waals surface area contributed by atoms with E-state index in [2.05, 4.69) is 10.5 Å². The maximum absolute atomic E-state index is 10.0. The predicted molar refractivity (Wildman–Crippen MR) is 130 cm³/mol. The fourth-order valence-electron chi connectivity index (χ4n) is 4.67. The lowest BCUT2D eigenvalue weighted by Gasteiger charge is -2.16. The Bertz CT molecular complexity index is 1110. The number of aryl methyl sites for hydroxylation is 2. The van der Waals surface area contributed by atoms with Gasteiger partial charge in [-0.05, 0) is 77.1 Å². The van der Waals surface area contributed by atoms with Gasteiger partial charge in [0.2, 0.25) is 0 Å². The van der Waals surface area contributed by atoms with Crippen molar-refractivity contribution in [3.8, 4) is 28.4 Å². The minimum absolute atomic E-state index is 0.193. The summed E-state index contributed by atoms with van der Waals surface area (Å²) in [5, 5.41) is 27.1. The second kappa shape index (κ2) is 10.6. The number of aliphatic hydroxyl groups excluding tert-OH is 2. The number of aromatic nitrogens is 3. The summed E-state index contributed by atoms with van der Waals surface area (Å²) in [6, 6.07) is 7.62. The Kier molecular flexibility index (Phi) is 7.60. The smallest absolute Gasteiger partial charge is 0.160 e. The van der Waals surface area contributed by atoms with E-state index in [1.807, 2.05) is 45.0 Å². The molecule has 1 unspecified atom stereocenters. The first kappa shape index (κ1) is 24.3. The van der Waals surface area contributed by atoms with Crippen molar-refractivity contribution in [3.05, 3.63) is 47.0 Å². The van der Waals surface area contributed by atoms with Crippen LogP contribution in [0.5, 0.6) is 5.75 Å². The van der Waals surface area contributed by atoms with E-state index in [4.69, 9.17) is 19.2 Å². The van der Waals surface area contributed by atoms with Gasteiger partial charge in [-0.1, -0.05) is 17.3 Å². The lowest BCUT2D eigenvalue weighted by atomic mass is 9.96. The molecule has 3 atom stereocenters. The molecule has 1 fully saturated rings. The summed E-state index contributed by atoms with van der Waals surface area (Å²) in [4.78, 5) is 9.92. The molecular weight excluding hydrogens is 432 g/mol. The number of likely N-dealkylation sites (N-methyl/N-ethyl adjacent to an activating group) is 1. The molecule has 4 rings (SSSR count). The van der Waals surface area contributed by atoms with E-state index in [1.165, 1.54) is 0 Å².